The molecule has 0 fully saturated rings. The van der Waals surface area contributed by atoms with Gasteiger partial charge in [0.2, 0.25) is 0 Å². The van der Waals surface area contributed by atoms with Crippen LogP contribution < -0.4 is 4.46 Å². The molecule has 0 saturated heterocycles. The fraction of sp³-hybridized carbons (Fsp3) is 0.316. The van der Waals surface area contributed by atoms with Crippen molar-refractivity contribution in [2.24, 2.45) is 0 Å². The molecule has 0 amide bonds. The van der Waals surface area contributed by atoms with Gasteiger partial charge in [-0.3, -0.25) is 0 Å². The van der Waals surface area contributed by atoms with Crippen molar-refractivity contribution < 1.29 is 9.53 Å². The summed E-state index contributed by atoms with van der Waals surface area (Å²) in [6.45, 7) is 7.14. The maximum atomic E-state index is 10.8. The average Bonchev–Trinajstić information content (AvgIpc) is 2.52. The van der Waals surface area contributed by atoms with Crippen LogP contribution in [0.25, 0.3) is 0 Å². The monoisotopic (exact) mass is 362 g/mol. The third-order valence-corrected chi connectivity index (χ3v) is 5.77. The van der Waals surface area contributed by atoms with Gasteiger partial charge in [0.1, 0.15) is 0 Å². The Bertz CT molecular complexity index is 585. The Morgan fingerprint density at radius 2 is 1.68 bits per heavy atom. The zero-order valence-corrected chi connectivity index (χ0v) is 15.0. The van der Waals surface area contributed by atoms with Crippen LogP contribution in [0.4, 0.5) is 0 Å². The molecule has 0 aromatic heterocycles. The molecule has 3 heteroatoms. The number of ether oxygens (including phenoxy) is 1. The van der Waals surface area contributed by atoms with Crippen molar-refractivity contribution in [3.63, 3.8) is 0 Å². The van der Waals surface area contributed by atoms with E-state index in [1.807, 2.05) is 18.2 Å². The van der Waals surface area contributed by atoms with Gasteiger partial charge in [-0.15, -0.1) is 0 Å². The van der Waals surface area contributed by atoms with E-state index in [-0.39, 0.29) is 26.5 Å². The SMILES string of the molecule is CC(C)(C)c1ccc(C(C[Se]c2ccccc2)OC=O)cc1. The molecule has 22 heavy (non-hydrogen) atoms. The Balaban J connectivity index is 2.08. The number of carbonyl (C=O) groups excluding carboxylic acids is 1. The summed E-state index contributed by atoms with van der Waals surface area (Å²) < 4.78 is 6.63. The van der Waals surface area contributed by atoms with Crippen molar-refractivity contribution in [3.8, 4) is 0 Å². The van der Waals surface area contributed by atoms with Gasteiger partial charge < -0.3 is 0 Å². The number of rotatable bonds is 6. The average molecular weight is 361 g/mol. The third-order valence-electron chi connectivity index (χ3n) is 3.51. The van der Waals surface area contributed by atoms with E-state index in [0.717, 1.165) is 10.9 Å². The number of benzene rings is 2. The minimum atomic E-state index is -0.160. The van der Waals surface area contributed by atoms with Crippen LogP contribution in [0.1, 0.15) is 38.0 Å². The van der Waals surface area contributed by atoms with Gasteiger partial charge in [0.15, 0.2) is 0 Å². The van der Waals surface area contributed by atoms with Gasteiger partial charge in [-0.05, 0) is 0 Å². The van der Waals surface area contributed by atoms with E-state index < -0.39 is 0 Å². The first kappa shape index (κ1) is 16.8. The molecule has 0 N–H and O–H groups in total. The van der Waals surface area contributed by atoms with Crippen LogP contribution in [-0.2, 0) is 14.9 Å². The topological polar surface area (TPSA) is 26.3 Å². The molecule has 2 nitrogen and oxygen atoms in total. The molecule has 2 aromatic carbocycles. The summed E-state index contributed by atoms with van der Waals surface area (Å²) in [6, 6.07) is 18.8. The second-order valence-electron chi connectivity index (χ2n) is 6.22. The molecule has 0 saturated carbocycles. The summed E-state index contributed by atoms with van der Waals surface area (Å²) in [4.78, 5) is 10.8. The molecular formula is C19H22O2Se. The Labute approximate surface area is 139 Å². The van der Waals surface area contributed by atoms with E-state index >= 15 is 0 Å². The number of hydrogen-bond acceptors (Lipinski definition) is 2. The molecule has 0 bridgehead atoms. The van der Waals surface area contributed by atoms with Crippen LogP contribution in [0.2, 0.25) is 5.32 Å². The van der Waals surface area contributed by atoms with E-state index in [4.69, 9.17) is 4.74 Å². The van der Waals surface area contributed by atoms with Crippen LogP contribution >= 0.6 is 0 Å². The van der Waals surface area contributed by atoms with Gasteiger partial charge in [0, 0.05) is 0 Å². The van der Waals surface area contributed by atoms with Gasteiger partial charge in [0.05, 0.1) is 0 Å². The summed E-state index contributed by atoms with van der Waals surface area (Å²) in [5.41, 5.74) is 2.49. The van der Waals surface area contributed by atoms with Crippen LogP contribution in [0.3, 0.4) is 0 Å². The quantitative estimate of drug-likeness (QED) is 0.580. The van der Waals surface area contributed by atoms with Crippen molar-refractivity contribution in [3.05, 3.63) is 65.7 Å². The molecule has 2 aromatic rings. The first-order chi connectivity index (χ1) is 10.5. The summed E-state index contributed by atoms with van der Waals surface area (Å²) in [7, 11) is 0. The zero-order valence-electron chi connectivity index (χ0n) is 13.3. The van der Waals surface area contributed by atoms with E-state index in [2.05, 4.69) is 57.2 Å². The van der Waals surface area contributed by atoms with E-state index in [0.29, 0.717) is 6.47 Å². The summed E-state index contributed by atoms with van der Waals surface area (Å²) in [5, 5.41) is 0.852. The van der Waals surface area contributed by atoms with Gasteiger partial charge in [0.25, 0.3) is 0 Å². The van der Waals surface area contributed by atoms with Crippen LogP contribution in [0.5, 0.6) is 0 Å². The summed E-state index contributed by atoms with van der Waals surface area (Å²) in [5.74, 6) is 0. The molecular weight excluding hydrogens is 339 g/mol. The molecule has 0 spiro atoms. The number of hydrogen-bond donors (Lipinski definition) is 0. The van der Waals surface area contributed by atoms with Crippen molar-refractivity contribution in [2.45, 2.75) is 37.6 Å². The molecule has 0 heterocycles. The Hall–Kier alpha value is -1.57. The molecule has 116 valence electrons. The van der Waals surface area contributed by atoms with Crippen LogP contribution in [0.15, 0.2) is 54.6 Å². The van der Waals surface area contributed by atoms with Crippen LogP contribution in [-0.4, -0.2) is 21.4 Å². The van der Waals surface area contributed by atoms with E-state index in [1.54, 1.807) is 0 Å². The van der Waals surface area contributed by atoms with Gasteiger partial charge in [-0.1, -0.05) is 0 Å². The molecule has 0 aliphatic heterocycles. The van der Waals surface area contributed by atoms with Gasteiger partial charge >= 0.3 is 139 Å². The number of carbonyl (C=O) groups is 1. The fourth-order valence-corrected chi connectivity index (χ4v) is 4.19. The Kier molecular flexibility index (Phi) is 5.82. The van der Waals surface area contributed by atoms with Crippen molar-refractivity contribution in [1.29, 1.82) is 0 Å². The van der Waals surface area contributed by atoms with Gasteiger partial charge in [-0.2, -0.15) is 0 Å². The zero-order chi connectivity index (χ0) is 16.0. The molecule has 2 rings (SSSR count). The predicted molar refractivity (Wildman–Crippen MR) is 91.7 cm³/mol. The molecule has 0 radical (unpaired) electrons. The standard InChI is InChI=1S/C19H22O2Se/c1-19(2,3)16-11-9-15(10-12-16)18(21-14-20)13-22-17-7-5-4-6-8-17/h4-12,14,18H,13H2,1-3H3. The van der Waals surface area contributed by atoms with Crippen molar-refractivity contribution in [1.82, 2.24) is 0 Å². The second-order valence-corrected chi connectivity index (χ2v) is 8.51. The van der Waals surface area contributed by atoms with Gasteiger partial charge in [-0.25, -0.2) is 0 Å². The molecule has 1 unspecified atom stereocenters. The fourth-order valence-electron chi connectivity index (χ4n) is 2.17. The minimum absolute atomic E-state index is 0.132. The third kappa shape index (κ3) is 4.72. The van der Waals surface area contributed by atoms with Crippen LogP contribution in [0, 0.1) is 0 Å². The van der Waals surface area contributed by atoms with Crippen molar-refractivity contribution >= 4 is 25.9 Å². The maximum absolute atomic E-state index is 10.8. The van der Waals surface area contributed by atoms with Crippen molar-refractivity contribution in [2.75, 3.05) is 0 Å². The van der Waals surface area contributed by atoms with E-state index in [1.165, 1.54) is 10.0 Å². The Morgan fingerprint density at radius 1 is 1.05 bits per heavy atom. The van der Waals surface area contributed by atoms with E-state index in [9.17, 15) is 4.79 Å². The molecule has 0 aliphatic rings. The summed E-state index contributed by atoms with van der Waals surface area (Å²) in [6.07, 6.45) is -0.160. The first-order valence-corrected chi connectivity index (χ1v) is 9.45. The molecule has 1 atom stereocenters. The normalized spacial score (nSPS) is 12.7. The second kappa shape index (κ2) is 7.62. The summed E-state index contributed by atoms with van der Waals surface area (Å²) >= 11 is 0.289. The predicted octanol–water partition coefficient (Wildman–Crippen LogP) is 3.65. The first-order valence-electron chi connectivity index (χ1n) is 7.38. The Morgan fingerprint density at radius 3 is 2.23 bits per heavy atom. The molecule has 0 aliphatic carbocycles.